The summed E-state index contributed by atoms with van der Waals surface area (Å²) in [7, 11) is 1.72. The van der Waals surface area contributed by atoms with E-state index in [0.717, 1.165) is 50.2 Å². The standard InChI is InChI=1S/C25H34N4O2/c1-31-24-11-5-4-9-21(24)23(28-16-7-8-17-28)19-27-25(30)29-18-6-2-3-10-22(29)20-12-14-26-15-13-20/h4-5,9,11-15,22-23H,2-3,6-8,10,16-19H2,1H3,(H,27,30). The number of urea groups is 1. The molecular formula is C25H34N4O2. The molecule has 2 unspecified atom stereocenters. The zero-order valence-electron chi connectivity index (χ0n) is 18.5. The highest BCUT2D eigenvalue weighted by Gasteiger charge is 2.30. The van der Waals surface area contributed by atoms with E-state index in [1.165, 1.54) is 24.8 Å². The molecule has 2 amide bonds. The fourth-order valence-electron chi connectivity index (χ4n) is 5.00. The number of nitrogens with one attached hydrogen (secondary N) is 1. The highest BCUT2D eigenvalue weighted by atomic mass is 16.5. The van der Waals surface area contributed by atoms with Crippen molar-refractivity contribution in [3.8, 4) is 5.75 Å². The van der Waals surface area contributed by atoms with Crippen molar-refractivity contribution in [1.29, 1.82) is 0 Å². The zero-order valence-corrected chi connectivity index (χ0v) is 18.5. The van der Waals surface area contributed by atoms with E-state index < -0.39 is 0 Å². The van der Waals surface area contributed by atoms with Crippen molar-refractivity contribution in [3.63, 3.8) is 0 Å². The summed E-state index contributed by atoms with van der Waals surface area (Å²) in [6, 6.07) is 12.5. The fraction of sp³-hybridized carbons (Fsp3) is 0.520. The summed E-state index contributed by atoms with van der Waals surface area (Å²) >= 11 is 0. The molecule has 2 aromatic rings. The third-order valence-electron chi connectivity index (χ3n) is 6.63. The molecule has 1 aromatic heterocycles. The number of amides is 2. The predicted octanol–water partition coefficient (Wildman–Crippen LogP) is 4.55. The number of hydrogen-bond donors (Lipinski definition) is 1. The largest absolute Gasteiger partial charge is 0.496 e. The van der Waals surface area contributed by atoms with Gasteiger partial charge in [-0.3, -0.25) is 9.88 Å². The van der Waals surface area contributed by atoms with Crippen molar-refractivity contribution in [3.05, 3.63) is 59.9 Å². The Bertz CT molecular complexity index is 838. The number of hydrogen-bond acceptors (Lipinski definition) is 4. The van der Waals surface area contributed by atoms with Gasteiger partial charge < -0.3 is 15.0 Å². The van der Waals surface area contributed by atoms with Gasteiger partial charge in [0.05, 0.1) is 19.2 Å². The maximum Gasteiger partial charge on any atom is 0.317 e. The first-order chi connectivity index (χ1) is 15.3. The first kappa shape index (κ1) is 21.6. The van der Waals surface area contributed by atoms with Crippen LogP contribution in [0.15, 0.2) is 48.8 Å². The van der Waals surface area contributed by atoms with Crippen LogP contribution in [0, 0.1) is 0 Å². The SMILES string of the molecule is COc1ccccc1C(CNC(=O)N1CCCCCC1c1ccncc1)N1CCCC1. The Kier molecular flexibility index (Phi) is 7.41. The molecule has 2 aliphatic heterocycles. The van der Waals surface area contributed by atoms with E-state index in [4.69, 9.17) is 4.74 Å². The number of benzene rings is 1. The third kappa shape index (κ3) is 5.18. The van der Waals surface area contributed by atoms with E-state index in [9.17, 15) is 4.79 Å². The summed E-state index contributed by atoms with van der Waals surface area (Å²) in [6.45, 7) is 3.49. The van der Waals surface area contributed by atoms with Gasteiger partial charge in [0.2, 0.25) is 0 Å². The highest BCUT2D eigenvalue weighted by molar-refractivity contribution is 5.75. The Labute approximate surface area is 185 Å². The lowest BCUT2D eigenvalue weighted by Gasteiger charge is -2.33. The summed E-state index contributed by atoms with van der Waals surface area (Å²) in [5.41, 5.74) is 2.32. The summed E-state index contributed by atoms with van der Waals surface area (Å²) in [6.07, 6.45) is 10.4. The number of carbonyl (C=O) groups excluding carboxylic acids is 1. The second-order valence-electron chi connectivity index (χ2n) is 8.53. The van der Waals surface area contributed by atoms with E-state index in [-0.39, 0.29) is 18.1 Å². The average Bonchev–Trinajstić information content (AvgIpc) is 3.23. The Morgan fingerprint density at radius 2 is 1.81 bits per heavy atom. The topological polar surface area (TPSA) is 57.7 Å². The van der Waals surface area contributed by atoms with Crippen LogP contribution in [-0.2, 0) is 0 Å². The molecule has 166 valence electrons. The third-order valence-corrected chi connectivity index (χ3v) is 6.63. The smallest absolute Gasteiger partial charge is 0.317 e. The van der Waals surface area contributed by atoms with Gasteiger partial charge in [-0.15, -0.1) is 0 Å². The number of likely N-dealkylation sites (tertiary alicyclic amines) is 2. The molecule has 0 bridgehead atoms. The first-order valence-corrected chi connectivity index (χ1v) is 11.6. The van der Waals surface area contributed by atoms with Gasteiger partial charge in [0.25, 0.3) is 0 Å². The molecule has 4 rings (SSSR count). The number of nitrogens with zero attached hydrogens (tertiary/aromatic N) is 3. The van der Waals surface area contributed by atoms with Crippen LogP contribution >= 0.6 is 0 Å². The molecule has 2 atom stereocenters. The van der Waals surface area contributed by atoms with E-state index >= 15 is 0 Å². The summed E-state index contributed by atoms with van der Waals surface area (Å²) in [5, 5.41) is 3.28. The van der Waals surface area contributed by atoms with Crippen molar-refractivity contribution in [1.82, 2.24) is 20.1 Å². The van der Waals surface area contributed by atoms with Gasteiger partial charge in [-0.2, -0.15) is 0 Å². The van der Waals surface area contributed by atoms with Crippen molar-refractivity contribution < 1.29 is 9.53 Å². The van der Waals surface area contributed by atoms with Crippen molar-refractivity contribution in [2.24, 2.45) is 0 Å². The Balaban J connectivity index is 1.51. The van der Waals surface area contributed by atoms with E-state index in [1.807, 2.05) is 41.6 Å². The minimum Gasteiger partial charge on any atom is -0.496 e. The predicted molar refractivity (Wildman–Crippen MR) is 122 cm³/mol. The van der Waals surface area contributed by atoms with E-state index in [1.54, 1.807) is 7.11 Å². The van der Waals surface area contributed by atoms with Gasteiger partial charge in [0, 0.05) is 31.0 Å². The molecule has 3 heterocycles. The van der Waals surface area contributed by atoms with Gasteiger partial charge in [0.1, 0.15) is 5.75 Å². The second-order valence-corrected chi connectivity index (χ2v) is 8.53. The van der Waals surface area contributed by atoms with Gasteiger partial charge in [0.15, 0.2) is 0 Å². The normalized spacial score (nSPS) is 20.8. The molecule has 2 fully saturated rings. The molecule has 31 heavy (non-hydrogen) atoms. The minimum absolute atomic E-state index is 0.0304. The Hall–Kier alpha value is -2.60. The lowest BCUT2D eigenvalue weighted by atomic mass is 10.0. The molecule has 2 saturated heterocycles. The number of carbonyl (C=O) groups is 1. The molecule has 0 saturated carbocycles. The minimum atomic E-state index is 0.0304. The van der Waals surface area contributed by atoms with Gasteiger partial charge >= 0.3 is 6.03 Å². The van der Waals surface area contributed by atoms with Crippen molar-refractivity contribution in [2.45, 2.75) is 50.6 Å². The second kappa shape index (κ2) is 10.6. The van der Waals surface area contributed by atoms with Gasteiger partial charge in [-0.05, 0) is 62.5 Å². The zero-order chi connectivity index (χ0) is 21.5. The maximum atomic E-state index is 13.4. The molecule has 6 heteroatoms. The molecule has 1 aromatic carbocycles. The lowest BCUT2D eigenvalue weighted by Crippen LogP contribution is -2.45. The summed E-state index contributed by atoms with van der Waals surface area (Å²) < 4.78 is 5.64. The van der Waals surface area contributed by atoms with Crippen LogP contribution in [0.3, 0.4) is 0 Å². The molecule has 0 aliphatic carbocycles. The molecule has 0 radical (unpaired) electrons. The van der Waals surface area contributed by atoms with Crippen molar-refractivity contribution in [2.75, 3.05) is 33.3 Å². The summed E-state index contributed by atoms with van der Waals surface area (Å²) in [4.78, 5) is 22.0. The Morgan fingerprint density at radius 1 is 1.06 bits per heavy atom. The molecular weight excluding hydrogens is 388 g/mol. The average molecular weight is 423 g/mol. The van der Waals surface area contributed by atoms with Crippen LogP contribution < -0.4 is 10.1 Å². The van der Waals surface area contributed by atoms with Crippen LogP contribution in [0.4, 0.5) is 4.79 Å². The Morgan fingerprint density at radius 3 is 2.58 bits per heavy atom. The van der Waals surface area contributed by atoms with E-state index in [2.05, 4.69) is 27.3 Å². The number of ether oxygens (including phenoxy) is 1. The van der Waals surface area contributed by atoms with Crippen LogP contribution in [0.2, 0.25) is 0 Å². The number of aromatic nitrogens is 1. The number of para-hydroxylation sites is 1. The molecule has 6 nitrogen and oxygen atoms in total. The van der Waals surface area contributed by atoms with E-state index in [0.29, 0.717) is 6.54 Å². The van der Waals surface area contributed by atoms with Crippen LogP contribution in [-0.4, -0.2) is 54.1 Å². The van der Waals surface area contributed by atoms with Gasteiger partial charge in [-0.1, -0.05) is 31.0 Å². The number of rotatable bonds is 6. The van der Waals surface area contributed by atoms with Gasteiger partial charge in [-0.25, -0.2) is 4.79 Å². The number of methoxy groups -OCH3 is 1. The first-order valence-electron chi connectivity index (χ1n) is 11.6. The fourth-order valence-corrected chi connectivity index (χ4v) is 5.00. The number of pyridine rings is 1. The van der Waals surface area contributed by atoms with Crippen LogP contribution in [0.1, 0.15) is 61.7 Å². The van der Waals surface area contributed by atoms with Crippen molar-refractivity contribution >= 4 is 6.03 Å². The van der Waals surface area contributed by atoms with Crippen LogP contribution in [0.5, 0.6) is 5.75 Å². The lowest BCUT2D eigenvalue weighted by molar-refractivity contribution is 0.168. The monoisotopic (exact) mass is 422 g/mol. The molecule has 0 spiro atoms. The maximum absolute atomic E-state index is 13.4. The summed E-state index contributed by atoms with van der Waals surface area (Å²) in [5.74, 6) is 0.887. The quantitative estimate of drug-likeness (QED) is 0.742. The molecule has 1 N–H and O–H groups in total. The van der Waals surface area contributed by atoms with Crippen LogP contribution in [0.25, 0.3) is 0 Å². The highest BCUT2D eigenvalue weighted by Crippen LogP contribution is 2.32. The molecule has 2 aliphatic rings.